The maximum absolute atomic E-state index is 13.2. The van der Waals surface area contributed by atoms with E-state index in [9.17, 15) is 19.2 Å². The molecule has 0 atom stereocenters. The molecule has 1 aliphatic rings. The maximum Gasteiger partial charge on any atom is 0.331 e. The number of fused-ring (bicyclic) bond motifs is 4. The third-order valence-electron chi connectivity index (χ3n) is 8.29. The van der Waals surface area contributed by atoms with E-state index < -0.39 is 0 Å². The van der Waals surface area contributed by atoms with E-state index in [0.717, 1.165) is 102 Å². The zero-order valence-electron chi connectivity index (χ0n) is 25.2. The Morgan fingerprint density at radius 2 is 0.750 bits per heavy atom. The monoisotopic (exact) mass is 558 g/mol. The van der Waals surface area contributed by atoms with Gasteiger partial charge in [-0.2, -0.15) is 0 Å². The number of nitrogens with zero attached hydrogens (tertiary/aromatic N) is 6. The molecule has 10 nitrogen and oxygen atoms in total. The van der Waals surface area contributed by atoms with Crippen molar-refractivity contribution in [2.45, 2.75) is 105 Å². The van der Waals surface area contributed by atoms with Crippen molar-refractivity contribution >= 4 is 0 Å². The molecule has 0 radical (unpaired) electrons. The molecular weight excluding hydrogens is 508 g/mol. The van der Waals surface area contributed by atoms with Crippen molar-refractivity contribution in [3.8, 4) is 0 Å². The fraction of sp³-hybridized carbons (Fsp3) is 0.733. The molecule has 1 aliphatic heterocycles. The number of rotatable bonds is 2. The predicted octanol–water partition coefficient (Wildman–Crippen LogP) is 2.43. The van der Waals surface area contributed by atoms with Gasteiger partial charge in [-0.25, -0.2) is 9.59 Å². The molecule has 3 heterocycles. The topological polar surface area (TPSA) is 94.5 Å². The van der Waals surface area contributed by atoms with Crippen LogP contribution in [-0.2, 0) is 26.2 Å². The summed E-state index contributed by atoms with van der Waals surface area (Å²) >= 11 is 0. The Morgan fingerprint density at radius 3 is 1.05 bits per heavy atom. The van der Waals surface area contributed by atoms with E-state index in [1.165, 1.54) is 9.13 Å². The fourth-order valence-electron chi connectivity index (χ4n) is 5.68. The average Bonchev–Trinajstić information content (AvgIpc) is 2.92. The average molecular weight is 559 g/mol. The Labute approximate surface area is 237 Å². The Balaban J connectivity index is 1.75. The molecule has 2 aromatic rings. The second-order valence-corrected chi connectivity index (χ2v) is 11.1. The van der Waals surface area contributed by atoms with Crippen LogP contribution >= 0.6 is 0 Å². The van der Waals surface area contributed by atoms with Crippen LogP contribution in [0.4, 0.5) is 0 Å². The lowest BCUT2D eigenvalue weighted by atomic mass is 10.2. The van der Waals surface area contributed by atoms with Crippen molar-refractivity contribution in [1.82, 2.24) is 28.1 Å². The highest BCUT2D eigenvalue weighted by atomic mass is 16.2. The Morgan fingerprint density at radius 1 is 0.475 bits per heavy atom. The van der Waals surface area contributed by atoms with Gasteiger partial charge in [-0.1, -0.05) is 13.8 Å². The standard InChI is InChI=1S/C30H50N6O4/c1-5-31-15-7-11-19-33-25(3)23-28(38)36(29(33)39)22-14-10-18-32(6-2)16-8-12-20-34-26(4)24-27(37)35(30(34)40)21-13-9-17-31/h23-24H,5-22H2,1-4H3. The summed E-state index contributed by atoms with van der Waals surface area (Å²) in [6, 6.07) is 3.19. The first-order chi connectivity index (χ1) is 19.3. The largest absolute Gasteiger partial charge is 0.331 e. The van der Waals surface area contributed by atoms with Crippen LogP contribution in [0.3, 0.4) is 0 Å². The summed E-state index contributed by atoms with van der Waals surface area (Å²) < 4.78 is 6.31. The molecule has 0 aliphatic carbocycles. The van der Waals surface area contributed by atoms with Gasteiger partial charge in [0.25, 0.3) is 11.1 Å². The van der Waals surface area contributed by atoms with Crippen LogP contribution in [0.5, 0.6) is 0 Å². The summed E-state index contributed by atoms with van der Waals surface area (Å²) in [4.78, 5) is 56.3. The SMILES string of the molecule is CCN1CCCCn2c(C)cc(=O)n(c2=O)CCCCN(CC)CCCCn2c(C)cc(=O)n(c2=O)CCCC1. The van der Waals surface area contributed by atoms with E-state index in [0.29, 0.717) is 26.2 Å². The Hall–Kier alpha value is -2.72. The molecule has 0 saturated carbocycles. The molecule has 4 bridgehead atoms. The van der Waals surface area contributed by atoms with E-state index in [1.807, 2.05) is 13.8 Å². The lowest BCUT2D eigenvalue weighted by Crippen LogP contribution is -2.41. The first-order valence-electron chi connectivity index (χ1n) is 15.3. The second-order valence-electron chi connectivity index (χ2n) is 11.1. The minimum Gasteiger partial charge on any atom is -0.304 e. The van der Waals surface area contributed by atoms with Gasteiger partial charge in [-0.05, 0) is 104 Å². The molecule has 2 aromatic heterocycles. The molecular formula is C30H50N6O4. The van der Waals surface area contributed by atoms with Gasteiger partial charge in [-0.15, -0.1) is 0 Å². The van der Waals surface area contributed by atoms with E-state index in [2.05, 4.69) is 23.6 Å². The van der Waals surface area contributed by atoms with E-state index >= 15 is 0 Å². The minimum atomic E-state index is -0.207. The van der Waals surface area contributed by atoms with Gasteiger partial charge in [0.2, 0.25) is 0 Å². The molecule has 0 saturated heterocycles. The number of hydrogen-bond donors (Lipinski definition) is 0. The zero-order valence-corrected chi connectivity index (χ0v) is 25.2. The zero-order chi connectivity index (χ0) is 29.1. The van der Waals surface area contributed by atoms with Gasteiger partial charge in [0.1, 0.15) is 0 Å². The highest BCUT2D eigenvalue weighted by molar-refractivity contribution is 5.01. The molecule has 224 valence electrons. The quantitative estimate of drug-likeness (QED) is 0.562. The third-order valence-corrected chi connectivity index (χ3v) is 8.29. The minimum absolute atomic E-state index is 0.192. The van der Waals surface area contributed by atoms with Gasteiger partial charge in [-0.3, -0.25) is 27.9 Å². The Kier molecular flexibility index (Phi) is 12.6. The van der Waals surface area contributed by atoms with Crippen LogP contribution in [0.2, 0.25) is 0 Å². The molecule has 0 amide bonds. The summed E-state index contributed by atoms with van der Waals surface area (Å²) in [6.07, 6.45) is 6.99. The van der Waals surface area contributed by atoms with Crippen molar-refractivity contribution < 1.29 is 0 Å². The normalized spacial score (nSPS) is 18.3. The third kappa shape index (κ3) is 8.64. The summed E-state index contributed by atoms with van der Waals surface area (Å²) in [7, 11) is 0. The smallest absolute Gasteiger partial charge is 0.304 e. The first-order valence-corrected chi connectivity index (χ1v) is 15.3. The van der Waals surface area contributed by atoms with E-state index in [-0.39, 0.29) is 22.5 Å². The molecule has 0 aromatic carbocycles. The highest BCUT2D eigenvalue weighted by Crippen LogP contribution is 2.05. The molecule has 3 rings (SSSR count). The first kappa shape index (κ1) is 31.8. The summed E-state index contributed by atoms with van der Waals surface area (Å²) in [5, 5.41) is 0. The Bertz CT molecular complexity index is 1220. The maximum atomic E-state index is 13.2. The van der Waals surface area contributed by atoms with Crippen LogP contribution in [0, 0.1) is 13.8 Å². The van der Waals surface area contributed by atoms with Crippen molar-refractivity contribution in [2.24, 2.45) is 0 Å². The van der Waals surface area contributed by atoms with Gasteiger partial charge in [0, 0.05) is 49.7 Å². The summed E-state index contributed by atoms with van der Waals surface area (Å²) in [5.41, 5.74) is 0.652. The lowest BCUT2D eigenvalue weighted by Gasteiger charge is -2.21. The van der Waals surface area contributed by atoms with Gasteiger partial charge >= 0.3 is 11.4 Å². The van der Waals surface area contributed by atoms with Crippen LogP contribution in [-0.4, -0.2) is 67.3 Å². The van der Waals surface area contributed by atoms with Crippen LogP contribution in [0.1, 0.15) is 76.6 Å². The molecule has 10 heteroatoms. The van der Waals surface area contributed by atoms with Crippen molar-refractivity contribution in [3.63, 3.8) is 0 Å². The molecule has 0 fully saturated rings. The van der Waals surface area contributed by atoms with E-state index in [1.54, 1.807) is 21.3 Å². The highest BCUT2D eigenvalue weighted by Gasteiger charge is 2.12. The van der Waals surface area contributed by atoms with Crippen LogP contribution in [0.25, 0.3) is 0 Å². The number of aromatic nitrogens is 4. The van der Waals surface area contributed by atoms with Gasteiger partial charge in [0.15, 0.2) is 0 Å². The second kappa shape index (κ2) is 15.9. The van der Waals surface area contributed by atoms with Crippen molar-refractivity contribution in [1.29, 1.82) is 0 Å². The predicted molar refractivity (Wildman–Crippen MR) is 161 cm³/mol. The van der Waals surface area contributed by atoms with Crippen LogP contribution in [0.15, 0.2) is 31.3 Å². The molecule has 0 unspecified atom stereocenters. The number of hydrogen-bond acceptors (Lipinski definition) is 6. The lowest BCUT2D eigenvalue weighted by molar-refractivity contribution is 0.268. The van der Waals surface area contributed by atoms with Crippen LogP contribution < -0.4 is 22.5 Å². The van der Waals surface area contributed by atoms with Crippen molar-refractivity contribution in [2.75, 3.05) is 39.3 Å². The fourth-order valence-corrected chi connectivity index (χ4v) is 5.68. The molecule has 0 spiro atoms. The summed E-state index contributed by atoms with van der Waals surface area (Å²) in [5.74, 6) is 0. The van der Waals surface area contributed by atoms with Gasteiger partial charge in [0.05, 0.1) is 0 Å². The number of aryl methyl sites for hydroxylation is 2. The summed E-state index contributed by atoms with van der Waals surface area (Å²) in [6.45, 7) is 15.6. The van der Waals surface area contributed by atoms with Gasteiger partial charge < -0.3 is 9.80 Å². The van der Waals surface area contributed by atoms with Crippen molar-refractivity contribution in [3.05, 3.63) is 65.2 Å². The van der Waals surface area contributed by atoms with E-state index in [4.69, 9.17) is 0 Å². The molecule has 40 heavy (non-hydrogen) atoms. The molecule has 0 N–H and O–H groups in total.